The van der Waals surface area contributed by atoms with Crippen LogP contribution < -0.4 is 10.2 Å². The van der Waals surface area contributed by atoms with Crippen molar-refractivity contribution in [1.82, 2.24) is 0 Å². The normalized spacial score (nSPS) is 10.6. The molecule has 0 spiro atoms. The lowest BCUT2D eigenvalue weighted by molar-refractivity contribution is 1.28. The minimum Gasteiger partial charge on any atom is -0.355 e. The van der Waals surface area contributed by atoms with Crippen LogP contribution in [0.4, 0.5) is 28.4 Å². The molecule has 0 heterocycles. The molecule has 182 valence electrons. The van der Waals surface area contributed by atoms with Gasteiger partial charge in [0.25, 0.3) is 0 Å². The first-order chi connectivity index (χ1) is 18.8. The molecule has 0 bridgehead atoms. The molecule has 0 aliphatic rings. The molecular formula is C36H28N2. The number of rotatable bonds is 7. The van der Waals surface area contributed by atoms with Crippen molar-refractivity contribution < 1.29 is 0 Å². The number of hydrogen-bond acceptors (Lipinski definition) is 2. The van der Waals surface area contributed by atoms with Gasteiger partial charge >= 0.3 is 0 Å². The van der Waals surface area contributed by atoms with Gasteiger partial charge in [-0.25, -0.2) is 0 Å². The van der Waals surface area contributed by atoms with Gasteiger partial charge in [0.2, 0.25) is 0 Å². The van der Waals surface area contributed by atoms with E-state index in [0.29, 0.717) is 0 Å². The number of hydrogen-bond donors (Lipinski definition) is 1. The van der Waals surface area contributed by atoms with Crippen molar-refractivity contribution in [2.24, 2.45) is 0 Å². The summed E-state index contributed by atoms with van der Waals surface area (Å²) in [4.78, 5) is 2.28. The summed E-state index contributed by atoms with van der Waals surface area (Å²) in [5, 5.41) is 3.60. The predicted octanol–water partition coefficient (Wildman–Crippen LogP) is 10.2. The molecule has 0 unspecified atom stereocenters. The molecule has 0 aliphatic carbocycles. The molecule has 0 aromatic heterocycles. The maximum absolute atomic E-state index is 3.60. The highest BCUT2D eigenvalue weighted by Crippen LogP contribution is 2.37. The van der Waals surface area contributed by atoms with Gasteiger partial charge in [0.1, 0.15) is 0 Å². The Morgan fingerprint density at radius 2 is 0.842 bits per heavy atom. The summed E-state index contributed by atoms with van der Waals surface area (Å²) in [7, 11) is 0. The van der Waals surface area contributed by atoms with Crippen molar-refractivity contribution in [1.29, 1.82) is 0 Å². The van der Waals surface area contributed by atoms with Gasteiger partial charge in [0.05, 0.1) is 0 Å². The van der Waals surface area contributed by atoms with Crippen LogP contribution in [0, 0.1) is 0 Å². The second-order valence-electron chi connectivity index (χ2n) is 9.17. The molecular weight excluding hydrogens is 460 g/mol. The number of anilines is 5. The van der Waals surface area contributed by atoms with Gasteiger partial charge in [-0.2, -0.15) is 0 Å². The van der Waals surface area contributed by atoms with E-state index in [0.717, 1.165) is 28.4 Å². The van der Waals surface area contributed by atoms with E-state index in [1.807, 2.05) is 6.07 Å². The van der Waals surface area contributed by atoms with Gasteiger partial charge in [-0.1, -0.05) is 103 Å². The molecule has 6 aromatic rings. The van der Waals surface area contributed by atoms with Crippen LogP contribution in [0.25, 0.3) is 22.3 Å². The smallest absolute Gasteiger partial charge is 0.0464 e. The van der Waals surface area contributed by atoms with Crippen molar-refractivity contribution in [2.75, 3.05) is 10.2 Å². The minimum absolute atomic E-state index is 1.07. The Balaban J connectivity index is 1.37. The molecule has 38 heavy (non-hydrogen) atoms. The van der Waals surface area contributed by atoms with E-state index >= 15 is 0 Å². The predicted molar refractivity (Wildman–Crippen MR) is 162 cm³/mol. The molecule has 0 amide bonds. The quantitative estimate of drug-likeness (QED) is 0.240. The standard InChI is InChI=1S/C36H28N2/c1-5-13-29(14-6-1)35-27-30(23-26-36(35)37-31-15-7-2-8-16-31)28-21-24-34(25-22-28)38(32-17-9-3-10-18-32)33-19-11-4-12-20-33/h1-27,37H. The second kappa shape index (κ2) is 10.9. The van der Waals surface area contributed by atoms with E-state index in [1.54, 1.807) is 0 Å². The first-order valence-electron chi connectivity index (χ1n) is 12.9. The summed E-state index contributed by atoms with van der Waals surface area (Å²) in [5.41, 5.74) is 10.3. The van der Waals surface area contributed by atoms with Crippen LogP contribution in [0.1, 0.15) is 0 Å². The van der Waals surface area contributed by atoms with Crippen LogP contribution in [0.5, 0.6) is 0 Å². The summed E-state index contributed by atoms with van der Waals surface area (Å²) in [6.45, 7) is 0. The lowest BCUT2D eigenvalue weighted by atomic mass is 9.97. The van der Waals surface area contributed by atoms with E-state index in [4.69, 9.17) is 0 Å². The largest absolute Gasteiger partial charge is 0.355 e. The fraction of sp³-hybridized carbons (Fsp3) is 0. The SMILES string of the molecule is c1ccc(Nc2ccc(-c3ccc(N(c4ccccc4)c4ccccc4)cc3)cc2-c2ccccc2)cc1. The fourth-order valence-corrected chi connectivity index (χ4v) is 4.77. The van der Waals surface area contributed by atoms with Gasteiger partial charge in [0.15, 0.2) is 0 Å². The summed E-state index contributed by atoms with van der Waals surface area (Å²) >= 11 is 0. The number of para-hydroxylation sites is 3. The highest BCUT2D eigenvalue weighted by molar-refractivity contribution is 5.86. The third-order valence-electron chi connectivity index (χ3n) is 6.64. The Morgan fingerprint density at radius 3 is 1.42 bits per heavy atom. The van der Waals surface area contributed by atoms with Crippen LogP contribution in [-0.2, 0) is 0 Å². The van der Waals surface area contributed by atoms with E-state index in [-0.39, 0.29) is 0 Å². The van der Waals surface area contributed by atoms with E-state index < -0.39 is 0 Å². The first-order valence-corrected chi connectivity index (χ1v) is 12.9. The van der Waals surface area contributed by atoms with Crippen LogP contribution in [0.3, 0.4) is 0 Å². The van der Waals surface area contributed by atoms with E-state index in [1.165, 1.54) is 22.3 Å². The lowest BCUT2D eigenvalue weighted by Crippen LogP contribution is -2.09. The van der Waals surface area contributed by atoms with Crippen LogP contribution in [0.2, 0.25) is 0 Å². The Hall–Kier alpha value is -5.08. The zero-order valence-electron chi connectivity index (χ0n) is 21.0. The lowest BCUT2D eigenvalue weighted by Gasteiger charge is -2.25. The summed E-state index contributed by atoms with van der Waals surface area (Å²) in [6, 6.07) is 57.3. The Bertz CT molecular complexity index is 1560. The number of nitrogens with one attached hydrogen (secondary N) is 1. The maximum Gasteiger partial charge on any atom is 0.0464 e. The zero-order valence-corrected chi connectivity index (χ0v) is 21.0. The molecule has 6 aromatic carbocycles. The van der Waals surface area contributed by atoms with Crippen molar-refractivity contribution in [3.8, 4) is 22.3 Å². The molecule has 0 atom stereocenters. The molecule has 0 fully saturated rings. The average Bonchev–Trinajstić information content (AvgIpc) is 3.00. The molecule has 0 aliphatic heterocycles. The summed E-state index contributed by atoms with van der Waals surface area (Å²) < 4.78 is 0. The Morgan fingerprint density at radius 1 is 0.368 bits per heavy atom. The molecule has 2 heteroatoms. The summed E-state index contributed by atoms with van der Waals surface area (Å²) in [5.74, 6) is 0. The van der Waals surface area contributed by atoms with E-state index in [9.17, 15) is 0 Å². The van der Waals surface area contributed by atoms with Crippen molar-refractivity contribution in [2.45, 2.75) is 0 Å². The number of nitrogens with zero attached hydrogens (tertiary/aromatic N) is 1. The molecule has 0 radical (unpaired) electrons. The van der Waals surface area contributed by atoms with Crippen molar-refractivity contribution in [3.05, 3.63) is 164 Å². The van der Waals surface area contributed by atoms with Gasteiger partial charge in [-0.05, 0) is 77.4 Å². The average molecular weight is 489 g/mol. The third-order valence-corrected chi connectivity index (χ3v) is 6.64. The Labute approximate surface area is 224 Å². The highest BCUT2D eigenvalue weighted by Gasteiger charge is 2.13. The zero-order chi connectivity index (χ0) is 25.6. The van der Waals surface area contributed by atoms with Crippen LogP contribution in [-0.4, -0.2) is 0 Å². The molecule has 2 nitrogen and oxygen atoms in total. The first kappa shape index (κ1) is 23.3. The van der Waals surface area contributed by atoms with Gasteiger partial charge in [0, 0.05) is 34.0 Å². The van der Waals surface area contributed by atoms with Crippen molar-refractivity contribution >= 4 is 28.4 Å². The molecule has 6 rings (SSSR count). The molecule has 0 saturated heterocycles. The third kappa shape index (κ3) is 5.07. The minimum atomic E-state index is 1.07. The van der Waals surface area contributed by atoms with Crippen molar-refractivity contribution in [3.63, 3.8) is 0 Å². The second-order valence-corrected chi connectivity index (χ2v) is 9.17. The van der Waals surface area contributed by atoms with Gasteiger partial charge < -0.3 is 10.2 Å². The van der Waals surface area contributed by atoms with Crippen LogP contribution in [0.15, 0.2) is 164 Å². The van der Waals surface area contributed by atoms with Gasteiger partial charge in [-0.15, -0.1) is 0 Å². The molecule has 0 saturated carbocycles. The highest BCUT2D eigenvalue weighted by atomic mass is 15.1. The van der Waals surface area contributed by atoms with Gasteiger partial charge in [-0.3, -0.25) is 0 Å². The monoisotopic (exact) mass is 488 g/mol. The Kier molecular flexibility index (Phi) is 6.69. The van der Waals surface area contributed by atoms with Crippen LogP contribution >= 0.6 is 0 Å². The summed E-state index contributed by atoms with van der Waals surface area (Å²) in [6.07, 6.45) is 0. The van der Waals surface area contributed by atoms with E-state index in [2.05, 4.69) is 168 Å². The topological polar surface area (TPSA) is 15.3 Å². The maximum atomic E-state index is 3.60. The fourth-order valence-electron chi connectivity index (χ4n) is 4.77. The molecule has 1 N–H and O–H groups in total. The number of benzene rings is 6.